The normalized spacial score (nSPS) is 18.1. The molecule has 1 atom stereocenters. The summed E-state index contributed by atoms with van der Waals surface area (Å²) in [5.41, 5.74) is 1.17. The van der Waals surface area contributed by atoms with Gasteiger partial charge in [0, 0.05) is 6.54 Å². The smallest absolute Gasteiger partial charge is 0.321 e. The number of aliphatic carboxylic acids is 1. The Kier molecular flexibility index (Phi) is 4.37. The SMILES string of the molecule is CN(Cc1ccccc1)[C@H](C(=O)O)C1CCCC1. The molecular weight excluding hydrogens is 226 g/mol. The van der Waals surface area contributed by atoms with Gasteiger partial charge in [-0.1, -0.05) is 43.2 Å². The molecule has 0 aliphatic heterocycles. The second-order valence-electron chi connectivity index (χ2n) is 5.23. The van der Waals surface area contributed by atoms with Gasteiger partial charge in [0.1, 0.15) is 6.04 Å². The summed E-state index contributed by atoms with van der Waals surface area (Å²) in [5.74, 6) is -0.364. The van der Waals surface area contributed by atoms with Gasteiger partial charge in [-0.2, -0.15) is 0 Å². The molecule has 0 heterocycles. The lowest BCUT2D eigenvalue weighted by Gasteiger charge is -2.29. The van der Waals surface area contributed by atoms with E-state index in [1.807, 2.05) is 42.3 Å². The Hall–Kier alpha value is -1.35. The van der Waals surface area contributed by atoms with Gasteiger partial charge >= 0.3 is 5.97 Å². The maximum Gasteiger partial charge on any atom is 0.321 e. The molecule has 0 spiro atoms. The first-order valence-corrected chi connectivity index (χ1v) is 6.65. The molecule has 1 fully saturated rings. The number of likely N-dealkylation sites (N-methyl/N-ethyl adjacent to an activating group) is 1. The summed E-state index contributed by atoms with van der Waals surface area (Å²) in [6.45, 7) is 0.703. The number of carboxylic acid groups (broad SMARTS) is 1. The summed E-state index contributed by atoms with van der Waals surface area (Å²) in [7, 11) is 1.92. The van der Waals surface area contributed by atoms with Crippen LogP contribution in [0.2, 0.25) is 0 Å². The monoisotopic (exact) mass is 247 g/mol. The minimum Gasteiger partial charge on any atom is -0.480 e. The van der Waals surface area contributed by atoms with Crippen LogP contribution in [0.15, 0.2) is 30.3 Å². The maximum absolute atomic E-state index is 11.5. The highest BCUT2D eigenvalue weighted by Crippen LogP contribution is 2.30. The summed E-state index contributed by atoms with van der Waals surface area (Å²) < 4.78 is 0. The highest BCUT2D eigenvalue weighted by molar-refractivity contribution is 5.73. The van der Waals surface area contributed by atoms with Crippen molar-refractivity contribution in [2.45, 2.75) is 38.3 Å². The molecule has 98 valence electrons. The predicted molar refractivity (Wildman–Crippen MR) is 71.3 cm³/mol. The minimum atomic E-state index is -0.680. The molecule has 1 aromatic carbocycles. The molecule has 3 heteroatoms. The van der Waals surface area contributed by atoms with E-state index in [0.29, 0.717) is 12.5 Å². The molecule has 0 saturated heterocycles. The Morgan fingerprint density at radius 2 is 1.94 bits per heavy atom. The first-order chi connectivity index (χ1) is 8.68. The van der Waals surface area contributed by atoms with Crippen molar-refractivity contribution in [2.75, 3.05) is 7.05 Å². The van der Waals surface area contributed by atoms with Crippen LogP contribution in [0.1, 0.15) is 31.2 Å². The molecule has 18 heavy (non-hydrogen) atoms. The van der Waals surface area contributed by atoms with Gasteiger partial charge in [-0.25, -0.2) is 0 Å². The third kappa shape index (κ3) is 3.10. The summed E-state index contributed by atoms with van der Waals surface area (Å²) >= 11 is 0. The van der Waals surface area contributed by atoms with Crippen molar-refractivity contribution >= 4 is 5.97 Å². The van der Waals surface area contributed by atoms with Crippen LogP contribution in [-0.4, -0.2) is 29.1 Å². The highest BCUT2D eigenvalue weighted by Gasteiger charge is 2.33. The van der Waals surface area contributed by atoms with Gasteiger partial charge in [0.25, 0.3) is 0 Å². The molecular formula is C15H21NO2. The van der Waals surface area contributed by atoms with Gasteiger partial charge in [0.2, 0.25) is 0 Å². The average Bonchev–Trinajstić information content (AvgIpc) is 2.83. The van der Waals surface area contributed by atoms with E-state index in [1.165, 1.54) is 18.4 Å². The fourth-order valence-corrected chi connectivity index (χ4v) is 2.99. The zero-order valence-corrected chi connectivity index (χ0v) is 10.9. The Morgan fingerprint density at radius 1 is 1.33 bits per heavy atom. The van der Waals surface area contributed by atoms with Crippen LogP contribution >= 0.6 is 0 Å². The molecule has 0 radical (unpaired) electrons. The molecule has 0 amide bonds. The van der Waals surface area contributed by atoms with Crippen molar-refractivity contribution in [1.29, 1.82) is 0 Å². The molecule has 1 saturated carbocycles. The lowest BCUT2D eigenvalue weighted by atomic mass is 9.96. The Bertz CT molecular complexity index is 385. The van der Waals surface area contributed by atoms with E-state index < -0.39 is 5.97 Å². The second kappa shape index (κ2) is 6.01. The first-order valence-electron chi connectivity index (χ1n) is 6.65. The lowest BCUT2D eigenvalue weighted by molar-refractivity contribution is -0.145. The van der Waals surface area contributed by atoms with Crippen LogP contribution in [0, 0.1) is 5.92 Å². The zero-order valence-electron chi connectivity index (χ0n) is 10.9. The number of hydrogen-bond acceptors (Lipinski definition) is 2. The zero-order chi connectivity index (χ0) is 13.0. The molecule has 1 aliphatic rings. The summed E-state index contributed by atoms with van der Waals surface area (Å²) in [6.07, 6.45) is 4.45. The van der Waals surface area contributed by atoms with Gasteiger partial charge in [-0.3, -0.25) is 9.69 Å². The quantitative estimate of drug-likeness (QED) is 0.869. The lowest BCUT2D eigenvalue weighted by Crippen LogP contribution is -2.42. The minimum absolute atomic E-state index is 0.316. The predicted octanol–water partition coefficient (Wildman–Crippen LogP) is 2.76. The van der Waals surface area contributed by atoms with Crippen molar-refractivity contribution in [3.05, 3.63) is 35.9 Å². The van der Waals surface area contributed by atoms with Crippen LogP contribution in [0.4, 0.5) is 0 Å². The molecule has 1 N–H and O–H groups in total. The number of rotatable bonds is 5. The Labute approximate surface area is 108 Å². The highest BCUT2D eigenvalue weighted by atomic mass is 16.4. The van der Waals surface area contributed by atoms with Crippen LogP contribution < -0.4 is 0 Å². The molecule has 1 aromatic rings. The van der Waals surface area contributed by atoms with E-state index >= 15 is 0 Å². The number of benzene rings is 1. The van der Waals surface area contributed by atoms with E-state index in [0.717, 1.165) is 12.8 Å². The van der Waals surface area contributed by atoms with Crippen molar-refractivity contribution < 1.29 is 9.90 Å². The largest absolute Gasteiger partial charge is 0.480 e. The third-order valence-corrected chi connectivity index (χ3v) is 3.85. The second-order valence-corrected chi connectivity index (χ2v) is 5.23. The molecule has 0 bridgehead atoms. The van der Waals surface area contributed by atoms with E-state index in [-0.39, 0.29) is 6.04 Å². The molecule has 3 nitrogen and oxygen atoms in total. The molecule has 1 aliphatic carbocycles. The number of hydrogen-bond donors (Lipinski definition) is 1. The fraction of sp³-hybridized carbons (Fsp3) is 0.533. The van der Waals surface area contributed by atoms with Gasteiger partial charge in [0.05, 0.1) is 0 Å². The summed E-state index contributed by atoms with van der Waals surface area (Å²) in [4.78, 5) is 13.5. The van der Waals surface area contributed by atoms with E-state index in [2.05, 4.69) is 0 Å². The number of carboxylic acids is 1. The molecule has 0 unspecified atom stereocenters. The van der Waals surface area contributed by atoms with Crippen molar-refractivity contribution in [3.63, 3.8) is 0 Å². The first kappa shape index (κ1) is 13.1. The fourth-order valence-electron chi connectivity index (χ4n) is 2.99. The van der Waals surface area contributed by atoms with Gasteiger partial charge in [0.15, 0.2) is 0 Å². The van der Waals surface area contributed by atoms with Crippen LogP contribution in [0.25, 0.3) is 0 Å². The van der Waals surface area contributed by atoms with Gasteiger partial charge in [-0.15, -0.1) is 0 Å². The van der Waals surface area contributed by atoms with Crippen LogP contribution in [0.3, 0.4) is 0 Å². The van der Waals surface area contributed by atoms with E-state index in [1.54, 1.807) is 0 Å². The summed E-state index contributed by atoms with van der Waals surface area (Å²) in [5, 5.41) is 9.44. The number of nitrogens with zero attached hydrogens (tertiary/aromatic N) is 1. The van der Waals surface area contributed by atoms with E-state index in [9.17, 15) is 9.90 Å². The van der Waals surface area contributed by atoms with Gasteiger partial charge in [-0.05, 0) is 31.4 Å². The van der Waals surface area contributed by atoms with Crippen LogP contribution in [0.5, 0.6) is 0 Å². The van der Waals surface area contributed by atoms with Crippen molar-refractivity contribution in [2.24, 2.45) is 5.92 Å². The average molecular weight is 247 g/mol. The standard InChI is InChI=1S/C15H21NO2/c1-16(11-12-7-3-2-4-8-12)14(15(17)18)13-9-5-6-10-13/h2-4,7-8,13-14H,5-6,9-11H2,1H3,(H,17,18)/t14-/m0/s1. The van der Waals surface area contributed by atoms with Crippen molar-refractivity contribution in [3.8, 4) is 0 Å². The summed E-state index contributed by atoms with van der Waals surface area (Å²) in [6, 6.07) is 9.72. The van der Waals surface area contributed by atoms with Crippen LogP contribution in [-0.2, 0) is 11.3 Å². The third-order valence-electron chi connectivity index (χ3n) is 3.85. The Morgan fingerprint density at radius 3 is 2.50 bits per heavy atom. The number of carbonyl (C=O) groups is 1. The maximum atomic E-state index is 11.5. The topological polar surface area (TPSA) is 40.5 Å². The Balaban J connectivity index is 2.04. The van der Waals surface area contributed by atoms with Gasteiger partial charge < -0.3 is 5.11 Å². The van der Waals surface area contributed by atoms with E-state index in [4.69, 9.17) is 0 Å². The molecule has 0 aromatic heterocycles. The van der Waals surface area contributed by atoms with Crippen molar-refractivity contribution in [1.82, 2.24) is 4.90 Å². The molecule has 2 rings (SSSR count).